The van der Waals surface area contributed by atoms with E-state index in [-0.39, 0.29) is 24.3 Å². The molecule has 3 amide bonds. The first kappa shape index (κ1) is 31.8. The number of hydrogen-bond acceptors (Lipinski definition) is 5. The van der Waals surface area contributed by atoms with Gasteiger partial charge in [-0.15, -0.1) is 0 Å². The maximum Gasteiger partial charge on any atom is 0.245 e. The molecule has 1 fully saturated rings. The first-order valence-electron chi connectivity index (χ1n) is 14.5. The summed E-state index contributed by atoms with van der Waals surface area (Å²) < 4.78 is 0. The largest absolute Gasteiger partial charge is 0.361 e. The lowest BCUT2D eigenvalue weighted by atomic mass is 9.74. The van der Waals surface area contributed by atoms with Gasteiger partial charge in [0.05, 0.1) is 11.5 Å². The van der Waals surface area contributed by atoms with Crippen molar-refractivity contribution in [2.75, 3.05) is 34.2 Å². The number of H-pyrrole nitrogens is 1. The number of carbonyl (C=O) groups is 3. The van der Waals surface area contributed by atoms with Crippen LogP contribution in [0.4, 0.5) is 0 Å². The number of nitrogens with zero attached hydrogens (tertiary/aromatic N) is 3. The van der Waals surface area contributed by atoms with Crippen molar-refractivity contribution in [3.63, 3.8) is 0 Å². The summed E-state index contributed by atoms with van der Waals surface area (Å²) >= 11 is 0. The zero-order valence-corrected chi connectivity index (χ0v) is 25.3. The summed E-state index contributed by atoms with van der Waals surface area (Å²) in [6, 6.07) is 16.2. The molecular weight excluding hydrogens is 516 g/mol. The Morgan fingerprint density at radius 2 is 1.71 bits per heavy atom. The van der Waals surface area contributed by atoms with E-state index in [1.165, 1.54) is 0 Å². The molecule has 222 valence electrons. The van der Waals surface area contributed by atoms with Gasteiger partial charge in [-0.1, -0.05) is 62.4 Å². The summed E-state index contributed by atoms with van der Waals surface area (Å²) in [5.41, 5.74) is 8.02. The van der Waals surface area contributed by atoms with Crippen molar-refractivity contribution in [2.24, 2.45) is 11.1 Å². The van der Waals surface area contributed by atoms with Crippen molar-refractivity contribution in [1.82, 2.24) is 25.2 Å². The summed E-state index contributed by atoms with van der Waals surface area (Å²) in [6.07, 6.45) is 4.08. The molecule has 1 saturated heterocycles. The molecule has 0 bridgehead atoms. The van der Waals surface area contributed by atoms with Crippen molar-refractivity contribution in [3.8, 4) is 0 Å². The van der Waals surface area contributed by atoms with Gasteiger partial charge in [-0.25, -0.2) is 5.01 Å². The molecule has 1 aliphatic rings. The van der Waals surface area contributed by atoms with Gasteiger partial charge in [0.2, 0.25) is 17.7 Å². The lowest BCUT2D eigenvalue weighted by molar-refractivity contribution is -0.159. The second-order valence-electron chi connectivity index (χ2n) is 10.9. The average molecular weight is 563 g/mol. The van der Waals surface area contributed by atoms with Crippen molar-refractivity contribution < 1.29 is 14.4 Å². The number of para-hydroxylation sites is 1. The molecule has 0 spiro atoms. The molecule has 9 heteroatoms. The van der Waals surface area contributed by atoms with Crippen molar-refractivity contribution in [3.05, 3.63) is 71.9 Å². The molecule has 1 aliphatic heterocycles. The third-order valence-corrected chi connectivity index (χ3v) is 7.75. The Hall–Kier alpha value is -3.69. The van der Waals surface area contributed by atoms with Gasteiger partial charge >= 0.3 is 0 Å². The predicted molar refractivity (Wildman–Crippen MR) is 164 cm³/mol. The molecule has 9 nitrogen and oxygen atoms in total. The van der Waals surface area contributed by atoms with Crippen LogP contribution in [0, 0.1) is 5.41 Å². The zero-order valence-electron chi connectivity index (χ0n) is 25.3. The van der Waals surface area contributed by atoms with Crippen molar-refractivity contribution in [2.45, 2.75) is 58.5 Å². The van der Waals surface area contributed by atoms with E-state index in [1.54, 1.807) is 28.9 Å². The number of piperidine rings is 1. The molecular formula is C32H46N6O3. The third kappa shape index (κ3) is 7.54. The lowest BCUT2D eigenvalue weighted by Gasteiger charge is -2.45. The number of likely N-dealkylation sites (tertiary alicyclic amines) is 1. The van der Waals surface area contributed by atoms with E-state index >= 15 is 0 Å². The highest BCUT2D eigenvalue weighted by Crippen LogP contribution is 2.36. The summed E-state index contributed by atoms with van der Waals surface area (Å²) in [5.74, 6) is -0.613. The van der Waals surface area contributed by atoms with Gasteiger partial charge in [0, 0.05) is 57.8 Å². The predicted octanol–water partition coefficient (Wildman–Crippen LogP) is 3.36. The van der Waals surface area contributed by atoms with E-state index in [2.05, 4.69) is 10.3 Å². The highest BCUT2D eigenvalue weighted by Gasteiger charge is 2.46. The normalized spacial score (nSPS) is 18.3. The average Bonchev–Trinajstić information content (AvgIpc) is 3.39. The lowest BCUT2D eigenvalue weighted by Crippen LogP contribution is -2.60. The minimum absolute atomic E-state index is 0.0263. The monoisotopic (exact) mass is 562 g/mol. The maximum absolute atomic E-state index is 14.1. The van der Waals surface area contributed by atoms with Crippen LogP contribution >= 0.6 is 0 Å². The fourth-order valence-corrected chi connectivity index (χ4v) is 5.47. The smallest absolute Gasteiger partial charge is 0.245 e. The van der Waals surface area contributed by atoms with Crippen molar-refractivity contribution in [1.29, 1.82) is 0 Å². The second kappa shape index (κ2) is 14.3. The number of aromatic nitrogens is 1. The molecule has 1 aromatic heterocycles. The molecule has 0 aliphatic carbocycles. The Kier molecular flexibility index (Phi) is 11.1. The Labute approximate surface area is 244 Å². The Bertz CT molecular complexity index is 1310. The number of fused-ring (bicyclic) bond motifs is 1. The molecule has 2 heterocycles. The standard InChI is InChI=1S/C30H40N6O3.C2H6/c1-21(31)27(37)33-26(17-23-19-32-25-14-9-8-13-24(23)25)28(38)36-16-10-15-30(20-36,29(39)35(4)34(2)3)18-22-11-6-5-7-12-22;1-2/h5-9,11-14,19,21,26,32H,10,15-18,20,31H2,1-4H3,(H,33,37);1-2H3/t21?,26-,30?;/m1./s1. The number of benzene rings is 2. The van der Waals surface area contributed by atoms with Gasteiger partial charge in [0.15, 0.2) is 0 Å². The van der Waals surface area contributed by atoms with Gasteiger partial charge in [-0.2, -0.15) is 0 Å². The zero-order chi connectivity index (χ0) is 30.2. The van der Waals surface area contributed by atoms with Gasteiger partial charge in [-0.05, 0) is 43.4 Å². The SMILES string of the molecule is CC.CC(N)C(=O)N[C@H](Cc1c[nH]c2ccccc12)C(=O)N1CCCC(Cc2ccccc2)(C(=O)N(C)N(C)C)C1. The third-order valence-electron chi connectivity index (χ3n) is 7.75. The quantitative estimate of drug-likeness (QED) is 0.346. The van der Waals surface area contributed by atoms with Crippen LogP contribution in [0.25, 0.3) is 10.9 Å². The van der Waals surface area contributed by atoms with Crippen LogP contribution in [0.5, 0.6) is 0 Å². The minimum atomic E-state index is -0.808. The number of rotatable bonds is 9. The molecule has 3 atom stereocenters. The first-order valence-corrected chi connectivity index (χ1v) is 14.5. The van der Waals surface area contributed by atoms with Gasteiger partial charge in [-0.3, -0.25) is 19.4 Å². The molecule has 0 radical (unpaired) electrons. The fourth-order valence-electron chi connectivity index (χ4n) is 5.47. The van der Waals surface area contributed by atoms with Crippen LogP contribution in [-0.4, -0.2) is 83.9 Å². The van der Waals surface area contributed by atoms with Crippen LogP contribution in [0.2, 0.25) is 0 Å². The number of nitrogens with two attached hydrogens (primary N) is 1. The highest BCUT2D eigenvalue weighted by atomic mass is 16.2. The second-order valence-corrected chi connectivity index (χ2v) is 10.9. The number of hydrazine groups is 1. The van der Waals surface area contributed by atoms with E-state index in [9.17, 15) is 14.4 Å². The van der Waals surface area contributed by atoms with E-state index in [0.717, 1.165) is 22.0 Å². The topological polar surface area (TPSA) is 115 Å². The van der Waals surface area contributed by atoms with Crippen LogP contribution in [0.1, 0.15) is 44.7 Å². The van der Waals surface area contributed by atoms with Gasteiger partial charge in [0.25, 0.3) is 0 Å². The van der Waals surface area contributed by atoms with Gasteiger partial charge < -0.3 is 20.9 Å². The molecule has 4 N–H and O–H groups in total. The van der Waals surface area contributed by atoms with Crippen LogP contribution in [0.3, 0.4) is 0 Å². The van der Waals surface area contributed by atoms with Crippen LogP contribution in [0.15, 0.2) is 60.8 Å². The highest BCUT2D eigenvalue weighted by molar-refractivity contribution is 5.92. The van der Waals surface area contributed by atoms with Crippen molar-refractivity contribution >= 4 is 28.6 Å². The van der Waals surface area contributed by atoms with Crippen LogP contribution in [-0.2, 0) is 27.2 Å². The van der Waals surface area contributed by atoms with E-state index in [0.29, 0.717) is 32.2 Å². The molecule has 0 saturated carbocycles. The number of amides is 3. The molecule has 2 aromatic carbocycles. The van der Waals surface area contributed by atoms with Gasteiger partial charge in [0.1, 0.15) is 6.04 Å². The fraction of sp³-hybridized carbons (Fsp3) is 0.469. The van der Waals surface area contributed by atoms with E-state index in [4.69, 9.17) is 5.73 Å². The molecule has 4 rings (SSSR count). The Morgan fingerprint density at radius 3 is 2.37 bits per heavy atom. The summed E-state index contributed by atoms with van der Waals surface area (Å²) in [6.45, 7) is 6.40. The number of carbonyl (C=O) groups excluding carboxylic acids is 3. The van der Waals surface area contributed by atoms with E-state index in [1.807, 2.05) is 88.7 Å². The Morgan fingerprint density at radius 1 is 1.05 bits per heavy atom. The summed E-state index contributed by atoms with van der Waals surface area (Å²) in [4.78, 5) is 45.7. The first-order chi connectivity index (χ1) is 19.6. The molecule has 3 aromatic rings. The molecule has 2 unspecified atom stereocenters. The number of aromatic amines is 1. The summed E-state index contributed by atoms with van der Waals surface area (Å²) in [5, 5.41) is 7.28. The number of nitrogens with one attached hydrogen (secondary N) is 2. The molecule has 41 heavy (non-hydrogen) atoms. The number of hydrogen-bond donors (Lipinski definition) is 3. The van der Waals surface area contributed by atoms with E-state index < -0.39 is 17.5 Å². The minimum Gasteiger partial charge on any atom is -0.361 e. The maximum atomic E-state index is 14.1. The van der Waals surface area contributed by atoms with Crippen LogP contribution < -0.4 is 11.1 Å². The Balaban J connectivity index is 0.00000226. The summed E-state index contributed by atoms with van der Waals surface area (Å²) in [7, 11) is 5.43.